The Labute approximate surface area is 115 Å². The molecule has 2 aromatic rings. The fourth-order valence-electron chi connectivity index (χ4n) is 1.39. The number of furan rings is 1. The number of aromatic nitrogens is 2. The fraction of sp³-hybridized carbons (Fsp3) is 0.273. The Balaban J connectivity index is 1.63. The van der Waals surface area contributed by atoms with Gasteiger partial charge in [0.15, 0.2) is 5.11 Å². The smallest absolute Gasteiger partial charge is 0.166 e. The Kier molecular flexibility index (Phi) is 4.60. The zero-order valence-electron chi connectivity index (χ0n) is 9.60. The second kappa shape index (κ2) is 6.42. The highest BCUT2D eigenvalue weighted by atomic mass is 35.5. The number of hydrogen-bond acceptors (Lipinski definition) is 3. The first-order valence-corrected chi connectivity index (χ1v) is 6.25. The van der Waals surface area contributed by atoms with Crippen LogP contribution in [0.25, 0.3) is 0 Å². The van der Waals surface area contributed by atoms with Gasteiger partial charge >= 0.3 is 0 Å². The summed E-state index contributed by atoms with van der Waals surface area (Å²) in [5.74, 6) is 0.845. The molecule has 0 radical (unpaired) electrons. The second-order valence-electron chi connectivity index (χ2n) is 3.61. The fourth-order valence-corrected chi connectivity index (χ4v) is 1.72. The normalized spacial score (nSPS) is 10.3. The van der Waals surface area contributed by atoms with Crippen molar-refractivity contribution in [2.45, 2.75) is 13.1 Å². The predicted octanol–water partition coefficient (Wildman–Crippen LogP) is 1.79. The lowest BCUT2D eigenvalue weighted by Crippen LogP contribution is -2.36. The molecular weight excluding hydrogens is 272 g/mol. The van der Waals surface area contributed by atoms with Crippen LogP contribution in [0.3, 0.4) is 0 Å². The van der Waals surface area contributed by atoms with Gasteiger partial charge in [0.2, 0.25) is 0 Å². The van der Waals surface area contributed by atoms with E-state index in [0.717, 1.165) is 5.76 Å². The first kappa shape index (κ1) is 12.9. The number of hydrogen-bond donors (Lipinski definition) is 2. The molecular formula is C11H13ClN4OS. The van der Waals surface area contributed by atoms with Gasteiger partial charge in [0.25, 0.3) is 0 Å². The molecule has 0 saturated heterocycles. The lowest BCUT2D eigenvalue weighted by atomic mass is 10.4. The van der Waals surface area contributed by atoms with Crippen molar-refractivity contribution in [2.24, 2.45) is 0 Å². The Hall–Kier alpha value is -1.53. The van der Waals surface area contributed by atoms with E-state index < -0.39 is 0 Å². The Bertz CT molecular complexity index is 497. The van der Waals surface area contributed by atoms with Gasteiger partial charge < -0.3 is 15.1 Å². The third-order valence-corrected chi connectivity index (χ3v) is 2.72. The first-order valence-electron chi connectivity index (χ1n) is 5.46. The van der Waals surface area contributed by atoms with Crippen LogP contribution < -0.4 is 10.6 Å². The predicted molar refractivity (Wildman–Crippen MR) is 73.4 cm³/mol. The summed E-state index contributed by atoms with van der Waals surface area (Å²) in [6.07, 6.45) is 5.01. The molecule has 18 heavy (non-hydrogen) atoms. The molecule has 0 aliphatic rings. The van der Waals surface area contributed by atoms with Crippen LogP contribution in [0.15, 0.2) is 35.2 Å². The van der Waals surface area contributed by atoms with Gasteiger partial charge in [-0.15, -0.1) is 0 Å². The van der Waals surface area contributed by atoms with Crippen LogP contribution in [-0.2, 0) is 13.1 Å². The van der Waals surface area contributed by atoms with Crippen molar-refractivity contribution in [3.8, 4) is 0 Å². The van der Waals surface area contributed by atoms with E-state index in [1.807, 2.05) is 12.1 Å². The quantitative estimate of drug-likeness (QED) is 0.820. The molecule has 0 amide bonds. The number of nitrogens with zero attached hydrogens (tertiary/aromatic N) is 2. The third-order valence-electron chi connectivity index (χ3n) is 2.23. The van der Waals surface area contributed by atoms with E-state index in [1.54, 1.807) is 23.3 Å². The van der Waals surface area contributed by atoms with Gasteiger partial charge in [-0.05, 0) is 24.4 Å². The molecule has 0 aromatic carbocycles. The van der Waals surface area contributed by atoms with Crippen molar-refractivity contribution < 1.29 is 4.42 Å². The van der Waals surface area contributed by atoms with Gasteiger partial charge in [-0.2, -0.15) is 5.10 Å². The molecule has 2 rings (SSSR count). The molecule has 96 valence electrons. The summed E-state index contributed by atoms with van der Waals surface area (Å²) in [5.41, 5.74) is 0. The Morgan fingerprint density at radius 1 is 1.50 bits per heavy atom. The summed E-state index contributed by atoms with van der Waals surface area (Å²) in [6, 6.07) is 3.73. The average molecular weight is 285 g/mol. The first-order chi connectivity index (χ1) is 8.74. The van der Waals surface area contributed by atoms with E-state index in [9.17, 15) is 0 Å². The van der Waals surface area contributed by atoms with Crippen LogP contribution in [0.2, 0.25) is 5.02 Å². The molecule has 2 heterocycles. The van der Waals surface area contributed by atoms with Crippen LogP contribution >= 0.6 is 23.8 Å². The van der Waals surface area contributed by atoms with E-state index in [0.29, 0.717) is 29.8 Å². The summed E-state index contributed by atoms with van der Waals surface area (Å²) in [6.45, 7) is 1.96. The van der Waals surface area contributed by atoms with Crippen LogP contribution in [0.4, 0.5) is 0 Å². The maximum absolute atomic E-state index is 5.76. The molecule has 0 aliphatic heterocycles. The molecule has 0 aliphatic carbocycles. The number of halogens is 1. The summed E-state index contributed by atoms with van der Waals surface area (Å²) in [7, 11) is 0. The molecule has 0 saturated carbocycles. The van der Waals surface area contributed by atoms with Crippen molar-refractivity contribution in [3.63, 3.8) is 0 Å². The average Bonchev–Trinajstić information content (AvgIpc) is 2.98. The van der Waals surface area contributed by atoms with Gasteiger partial charge in [-0.1, -0.05) is 11.6 Å². The van der Waals surface area contributed by atoms with Crippen molar-refractivity contribution in [1.82, 2.24) is 20.4 Å². The summed E-state index contributed by atoms with van der Waals surface area (Å²) >= 11 is 10.9. The molecule has 5 nitrogen and oxygen atoms in total. The van der Waals surface area contributed by atoms with Crippen molar-refractivity contribution in [3.05, 3.63) is 41.6 Å². The molecule has 2 N–H and O–H groups in total. The highest BCUT2D eigenvalue weighted by Crippen LogP contribution is 2.03. The lowest BCUT2D eigenvalue weighted by Gasteiger charge is -2.09. The molecule has 0 bridgehead atoms. The van der Waals surface area contributed by atoms with Gasteiger partial charge in [-0.3, -0.25) is 4.68 Å². The monoisotopic (exact) mass is 284 g/mol. The van der Waals surface area contributed by atoms with E-state index >= 15 is 0 Å². The number of thiocarbonyl (C=S) groups is 1. The maximum atomic E-state index is 5.76. The second-order valence-corrected chi connectivity index (χ2v) is 4.46. The Morgan fingerprint density at radius 2 is 2.39 bits per heavy atom. The SMILES string of the molecule is S=C(NCCn1cc(Cl)cn1)NCc1ccco1. The van der Waals surface area contributed by atoms with Gasteiger partial charge in [0.05, 0.1) is 30.6 Å². The minimum absolute atomic E-state index is 0.576. The standard InChI is InChI=1S/C11H13ClN4OS/c12-9-6-15-16(8-9)4-3-13-11(18)14-7-10-2-1-5-17-10/h1-2,5-6,8H,3-4,7H2,(H2,13,14,18). The summed E-state index contributed by atoms with van der Waals surface area (Å²) in [4.78, 5) is 0. The topological polar surface area (TPSA) is 55.0 Å². The zero-order valence-corrected chi connectivity index (χ0v) is 11.2. The molecule has 0 spiro atoms. The maximum Gasteiger partial charge on any atom is 0.166 e. The van der Waals surface area contributed by atoms with Gasteiger partial charge in [0.1, 0.15) is 5.76 Å². The van der Waals surface area contributed by atoms with Crippen molar-refractivity contribution in [2.75, 3.05) is 6.54 Å². The van der Waals surface area contributed by atoms with Crippen LogP contribution in [-0.4, -0.2) is 21.4 Å². The highest BCUT2D eigenvalue weighted by Gasteiger charge is 1.99. The van der Waals surface area contributed by atoms with E-state index in [-0.39, 0.29) is 0 Å². The molecule has 0 atom stereocenters. The summed E-state index contributed by atoms with van der Waals surface area (Å²) < 4.78 is 6.94. The molecule has 0 unspecified atom stereocenters. The minimum Gasteiger partial charge on any atom is -0.467 e. The van der Waals surface area contributed by atoms with E-state index in [2.05, 4.69) is 15.7 Å². The molecule has 2 aromatic heterocycles. The van der Waals surface area contributed by atoms with E-state index in [4.69, 9.17) is 28.2 Å². The van der Waals surface area contributed by atoms with Crippen LogP contribution in [0, 0.1) is 0 Å². The van der Waals surface area contributed by atoms with Crippen LogP contribution in [0.5, 0.6) is 0 Å². The molecule has 7 heteroatoms. The lowest BCUT2D eigenvalue weighted by molar-refractivity contribution is 0.502. The zero-order chi connectivity index (χ0) is 12.8. The van der Waals surface area contributed by atoms with Crippen LogP contribution in [0.1, 0.15) is 5.76 Å². The largest absolute Gasteiger partial charge is 0.467 e. The third kappa shape index (κ3) is 4.05. The van der Waals surface area contributed by atoms with Crippen molar-refractivity contribution >= 4 is 28.9 Å². The van der Waals surface area contributed by atoms with Gasteiger partial charge in [-0.25, -0.2) is 0 Å². The number of nitrogens with one attached hydrogen (secondary N) is 2. The minimum atomic E-state index is 0.576. The number of rotatable bonds is 5. The van der Waals surface area contributed by atoms with Gasteiger partial charge in [0, 0.05) is 12.7 Å². The molecule has 0 fully saturated rings. The van der Waals surface area contributed by atoms with E-state index in [1.165, 1.54) is 0 Å². The van der Waals surface area contributed by atoms with Crippen molar-refractivity contribution in [1.29, 1.82) is 0 Å². The summed E-state index contributed by atoms with van der Waals surface area (Å²) in [5, 5.41) is 11.4. The highest BCUT2D eigenvalue weighted by molar-refractivity contribution is 7.80. The Morgan fingerprint density at radius 3 is 3.06 bits per heavy atom.